The molecule has 1 aliphatic heterocycles. The van der Waals surface area contributed by atoms with E-state index in [0.717, 1.165) is 11.3 Å². The van der Waals surface area contributed by atoms with Gasteiger partial charge < -0.3 is 10.6 Å². The van der Waals surface area contributed by atoms with Crippen molar-refractivity contribution in [2.45, 2.75) is 30.0 Å². The Morgan fingerprint density at radius 3 is 2.81 bits per heavy atom. The number of hydrogen-bond acceptors (Lipinski definition) is 6. The standard InChI is InChI=1S/C11H16N4O4S2/c1-7(16)14-11-13-6-9(20-11)21(18,19)15-5-3-4-8(15)10(17)12-2/h6,8H,3-5H2,1-2H3,(H,12,17)(H,13,14,16). The highest BCUT2D eigenvalue weighted by molar-refractivity contribution is 7.91. The number of nitrogens with one attached hydrogen (secondary N) is 2. The van der Waals surface area contributed by atoms with Crippen molar-refractivity contribution in [3.8, 4) is 0 Å². The van der Waals surface area contributed by atoms with E-state index in [-0.39, 0.29) is 21.2 Å². The maximum atomic E-state index is 12.6. The molecule has 116 valence electrons. The summed E-state index contributed by atoms with van der Waals surface area (Å²) >= 11 is 0.872. The minimum atomic E-state index is -3.78. The van der Waals surface area contributed by atoms with Gasteiger partial charge in [-0.15, -0.1) is 0 Å². The summed E-state index contributed by atoms with van der Waals surface area (Å²) in [7, 11) is -2.30. The molecule has 10 heteroatoms. The zero-order valence-electron chi connectivity index (χ0n) is 11.6. The summed E-state index contributed by atoms with van der Waals surface area (Å²) in [5, 5.41) is 5.14. The van der Waals surface area contributed by atoms with Crippen LogP contribution in [0.5, 0.6) is 0 Å². The quantitative estimate of drug-likeness (QED) is 0.807. The Labute approximate surface area is 126 Å². The summed E-state index contributed by atoms with van der Waals surface area (Å²) in [5.41, 5.74) is 0. The average Bonchev–Trinajstić information content (AvgIpc) is 3.05. The highest BCUT2D eigenvalue weighted by Gasteiger charge is 2.39. The predicted molar refractivity (Wildman–Crippen MR) is 77.4 cm³/mol. The molecule has 0 saturated carbocycles. The minimum absolute atomic E-state index is 0.0158. The van der Waals surface area contributed by atoms with Crippen LogP contribution in [0.4, 0.5) is 5.13 Å². The molecular weight excluding hydrogens is 316 g/mol. The molecule has 1 saturated heterocycles. The van der Waals surface area contributed by atoms with Crippen LogP contribution in [-0.4, -0.2) is 49.2 Å². The number of anilines is 1. The van der Waals surface area contributed by atoms with E-state index in [4.69, 9.17) is 0 Å². The van der Waals surface area contributed by atoms with Gasteiger partial charge in [-0.2, -0.15) is 4.31 Å². The van der Waals surface area contributed by atoms with Gasteiger partial charge in [0.1, 0.15) is 6.04 Å². The van der Waals surface area contributed by atoms with Gasteiger partial charge in [-0.25, -0.2) is 13.4 Å². The molecule has 0 radical (unpaired) electrons. The number of sulfonamides is 1. The Bertz CT molecular complexity index is 655. The topological polar surface area (TPSA) is 108 Å². The molecule has 1 atom stereocenters. The van der Waals surface area contributed by atoms with Crippen molar-refractivity contribution in [2.75, 3.05) is 18.9 Å². The first kappa shape index (κ1) is 15.9. The number of rotatable bonds is 4. The Morgan fingerprint density at radius 1 is 1.48 bits per heavy atom. The maximum Gasteiger partial charge on any atom is 0.254 e. The van der Waals surface area contributed by atoms with Crippen molar-refractivity contribution in [3.05, 3.63) is 6.20 Å². The van der Waals surface area contributed by atoms with Crippen LogP contribution in [0.2, 0.25) is 0 Å². The SMILES string of the molecule is CNC(=O)C1CCCN1S(=O)(=O)c1cnc(NC(C)=O)s1. The minimum Gasteiger partial charge on any atom is -0.358 e. The molecule has 2 N–H and O–H groups in total. The molecule has 1 aliphatic rings. The Morgan fingerprint density at radius 2 is 2.19 bits per heavy atom. The van der Waals surface area contributed by atoms with Crippen molar-refractivity contribution in [2.24, 2.45) is 0 Å². The monoisotopic (exact) mass is 332 g/mol. The smallest absolute Gasteiger partial charge is 0.254 e. The van der Waals surface area contributed by atoms with Crippen LogP contribution in [0, 0.1) is 0 Å². The molecule has 0 aromatic carbocycles. The number of hydrogen-bond donors (Lipinski definition) is 2. The molecule has 0 spiro atoms. The number of aromatic nitrogens is 1. The van der Waals surface area contributed by atoms with E-state index in [2.05, 4.69) is 15.6 Å². The molecule has 21 heavy (non-hydrogen) atoms. The number of thiazole rings is 1. The third-order valence-electron chi connectivity index (χ3n) is 3.08. The molecule has 0 aliphatic carbocycles. The summed E-state index contributed by atoms with van der Waals surface area (Å²) in [4.78, 5) is 26.6. The molecule has 2 rings (SSSR count). The summed E-state index contributed by atoms with van der Waals surface area (Å²) < 4.78 is 26.3. The number of carbonyl (C=O) groups excluding carboxylic acids is 2. The molecule has 0 bridgehead atoms. The largest absolute Gasteiger partial charge is 0.358 e. The Balaban J connectivity index is 2.26. The van der Waals surface area contributed by atoms with E-state index < -0.39 is 16.1 Å². The number of nitrogens with zero attached hydrogens (tertiary/aromatic N) is 2. The number of likely N-dealkylation sites (N-methyl/N-ethyl adjacent to an activating group) is 1. The molecule has 8 nitrogen and oxygen atoms in total. The summed E-state index contributed by atoms with van der Waals surface area (Å²) in [5.74, 6) is -0.639. The van der Waals surface area contributed by atoms with E-state index in [0.29, 0.717) is 19.4 Å². The van der Waals surface area contributed by atoms with E-state index >= 15 is 0 Å². The second-order valence-electron chi connectivity index (χ2n) is 4.55. The van der Waals surface area contributed by atoms with Gasteiger partial charge in [0, 0.05) is 20.5 Å². The van der Waals surface area contributed by atoms with Crippen LogP contribution in [0.3, 0.4) is 0 Å². The van der Waals surface area contributed by atoms with Gasteiger partial charge in [-0.3, -0.25) is 9.59 Å². The second-order valence-corrected chi connectivity index (χ2v) is 7.70. The van der Waals surface area contributed by atoms with Crippen LogP contribution < -0.4 is 10.6 Å². The number of carbonyl (C=O) groups is 2. The lowest BCUT2D eigenvalue weighted by Crippen LogP contribution is -2.44. The van der Waals surface area contributed by atoms with Gasteiger partial charge in [-0.1, -0.05) is 11.3 Å². The van der Waals surface area contributed by atoms with E-state index in [1.165, 1.54) is 24.5 Å². The molecule has 1 unspecified atom stereocenters. The van der Waals surface area contributed by atoms with Crippen LogP contribution in [0.15, 0.2) is 10.4 Å². The zero-order chi connectivity index (χ0) is 15.6. The number of amides is 2. The first-order valence-corrected chi connectivity index (χ1v) is 8.58. The molecule has 1 aromatic heterocycles. The Hall–Kier alpha value is -1.52. The molecule has 1 aromatic rings. The average molecular weight is 332 g/mol. The van der Waals surface area contributed by atoms with E-state index in [9.17, 15) is 18.0 Å². The first-order valence-electron chi connectivity index (χ1n) is 6.33. The van der Waals surface area contributed by atoms with Crippen molar-refractivity contribution < 1.29 is 18.0 Å². The van der Waals surface area contributed by atoms with Gasteiger partial charge >= 0.3 is 0 Å². The normalized spacial score (nSPS) is 19.4. The highest BCUT2D eigenvalue weighted by Crippen LogP contribution is 2.30. The van der Waals surface area contributed by atoms with Gasteiger partial charge in [0.15, 0.2) is 9.34 Å². The maximum absolute atomic E-state index is 12.6. The summed E-state index contributed by atoms with van der Waals surface area (Å²) in [6, 6.07) is -0.689. The fourth-order valence-corrected chi connectivity index (χ4v) is 5.02. The van der Waals surface area contributed by atoms with E-state index in [1.54, 1.807) is 0 Å². The Kier molecular flexibility index (Phi) is 4.59. The third-order valence-corrected chi connectivity index (χ3v) is 6.34. The van der Waals surface area contributed by atoms with Crippen molar-refractivity contribution >= 4 is 38.3 Å². The molecule has 2 amide bonds. The summed E-state index contributed by atoms with van der Waals surface area (Å²) in [6.07, 6.45) is 2.33. The van der Waals surface area contributed by atoms with Crippen LogP contribution in [-0.2, 0) is 19.6 Å². The lowest BCUT2D eigenvalue weighted by molar-refractivity contribution is -0.123. The molecule has 2 heterocycles. The van der Waals surface area contributed by atoms with Crippen LogP contribution in [0.25, 0.3) is 0 Å². The fraction of sp³-hybridized carbons (Fsp3) is 0.545. The van der Waals surface area contributed by atoms with Crippen LogP contribution in [0.1, 0.15) is 19.8 Å². The summed E-state index contributed by atoms with van der Waals surface area (Å²) in [6.45, 7) is 1.62. The third kappa shape index (κ3) is 3.22. The first-order chi connectivity index (χ1) is 9.86. The van der Waals surface area contributed by atoms with Crippen molar-refractivity contribution in [1.29, 1.82) is 0 Å². The van der Waals surface area contributed by atoms with Gasteiger partial charge in [0.25, 0.3) is 10.0 Å². The highest BCUT2D eigenvalue weighted by atomic mass is 32.2. The van der Waals surface area contributed by atoms with E-state index in [1.807, 2.05) is 0 Å². The van der Waals surface area contributed by atoms with Gasteiger partial charge in [0.2, 0.25) is 11.8 Å². The lowest BCUT2D eigenvalue weighted by Gasteiger charge is -2.21. The second kappa shape index (κ2) is 6.08. The predicted octanol–water partition coefficient (Wildman–Crippen LogP) is 0.000600. The van der Waals surface area contributed by atoms with Gasteiger partial charge in [0.05, 0.1) is 6.20 Å². The fourth-order valence-electron chi connectivity index (χ4n) is 2.16. The van der Waals surface area contributed by atoms with Crippen molar-refractivity contribution in [3.63, 3.8) is 0 Å². The molecular formula is C11H16N4O4S2. The van der Waals surface area contributed by atoms with Crippen molar-refractivity contribution in [1.82, 2.24) is 14.6 Å². The lowest BCUT2D eigenvalue weighted by atomic mass is 10.2. The van der Waals surface area contributed by atoms with Crippen LogP contribution >= 0.6 is 11.3 Å². The zero-order valence-corrected chi connectivity index (χ0v) is 13.3. The molecule has 1 fully saturated rings. The van der Waals surface area contributed by atoms with Gasteiger partial charge in [-0.05, 0) is 12.8 Å².